The van der Waals surface area contributed by atoms with E-state index >= 15 is 0 Å². The molecule has 3 rings (SSSR count). The average Bonchev–Trinajstić information content (AvgIpc) is 2.72. The van der Waals surface area contributed by atoms with Crippen LogP contribution < -0.4 is 15.4 Å². The van der Waals surface area contributed by atoms with Crippen LogP contribution in [0.4, 0.5) is 11.4 Å². The van der Waals surface area contributed by atoms with Crippen LogP contribution in [0.2, 0.25) is 0 Å². The van der Waals surface area contributed by atoms with Crippen molar-refractivity contribution in [2.75, 3.05) is 17.2 Å². The number of esters is 1. The molecule has 1 heterocycles. The number of carbonyl (C=O) groups is 2. The van der Waals surface area contributed by atoms with E-state index in [-0.39, 0.29) is 6.61 Å². The molecule has 0 spiro atoms. The lowest BCUT2D eigenvalue weighted by atomic mass is 9.85. The number of hydrogen-bond donors (Lipinski definition) is 3. The molecular formula is C22H23N3O5. The van der Waals surface area contributed by atoms with E-state index in [0.29, 0.717) is 28.3 Å². The average molecular weight is 409 g/mol. The molecule has 1 aliphatic heterocycles. The highest BCUT2D eigenvalue weighted by Crippen LogP contribution is 2.42. The zero-order valence-corrected chi connectivity index (χ0v) is 16.9. The second-order valence-electron chi connectivity index (χ2n) is 7.36. The number of aliphatic hydroxyl groups excluding tert-OH is 1. The summed E-state index contributed by atoms with van der Waals surface area (Å²) in [5.74, 6) is -1.33. The molecule has 3 N–H and O–H groups in total. The van der Waals surface area contributed by atoms with E-state index in [9.17, 15) is 20.0 Å². The summed E-state index contributed by atoms with van der Waals surface area (Å²) in [6.45, 7) is 5.24. The number of nitriles is 1. The molecule has 2 atom stereocenters. The summed E-state index contributed by atoms with van der Waals surface area (Å²) in [6, 6.07) is 13.3. The summed E-state index contributed by atoms with van der Waals surface area (Å²) in [6.07, 6.45) is -0.965. The number of anilines is 2. The number of benzene rings is 2. The lowest BCUT2D eigenvalue weighted by Gasteiger charge is -2.42. The molecule has 8 nitrogen and oxygen atoms in total. The Balaban J connectivity index is 1.95. The van der Waals surface area contributed by atoms with Crippen molar-refractivity contribution in [3.63, 3.8) is 0 Å². The van der Waals surface area contributed by atoms with E-state index in [2.05, 4.69) is 16.7 Å². The fourth-order valence-electron chi connectivity index (χ4n) is 3.28. The van der Waals surface area contributed by atoms with Gasteiger partial charge in [-0.15, -0.1) is 0 Å². The SMILES string of the molecule is CCOC(=O)C(=O)Nc1ccccc1NC1c2cc(C#N)ccc2OC(C)(C)[C@@H]1O. The normalized spacial score (nSPS) is 18.9. The summed E-state index contributed by atoms with van der Waals surface area (Å²) in [4.78, 5) is 23.8. The van der Waals surface area contributed by atoms with Crippen LogP contribution >= 0.6 is 0 Å². The second kappa shape index (κ2) is 8.43. The number of nitrogens with one attached hydrogen (secondary N) is 2. The van der Waals surface area contributed by atoms with Gasteiger partial charge in [0.25, 0.3) is 0 Å². The first-order valence-electron chi connectivity index (χ1n) is 9.51. The molecule has 0 radical (unpaired) electrons. The van der Waals surface area contributed by atoms with Crippen LogP contribution in [0.25, 0.3) is 0 Å². The summed E-state index contributed by atoms with van der Waals surface area (Å²) >= 11 is 0. The van der Waals surface area contributed by atoms with Gasteiger partial charge in [0.05, 0.1) is 35.7 Å². The molecule has 0 fully saturated rings. The van der Waals surface area contributed by atoms with Crippen LogP contribution in [0.3, 0.4) is 0 Å². The summed E-state index contributed by atoms with van der Waals surface area (Å²) < 4.78 is 10.6. The summed E-state index contributed by atoms with van der Waals surface area (Å²) in [5, 5.41) is 26.0. The number of nitrogens with zero attached hydrogens (tertiary/aromatic N) is 1. The first-order chi connectivity index (χ1) is 14.3. The number of fused-ring (bicyclic) bond motifs is 1. The maximum Gasteiger partial charge on any atom is 0.397 e. The highest BCUT2D eigenvalue weighted by molar-refractivity contribution is 6.37. The van der Waals surface area contributed by atoms with Gasteiger partial charge >= 0.3 is 11.9 Å². The third kappa shape index (κ3) is 4.21. The van der Waals surface area contributed by atoms with Crippen LogP contribution in [0, 0.1) is 11.3 Å². The predicted molar refractivity (Wildman–Crippen MR) is 110 cm³/mol. The lowest BCUT2D eigenvalue weighted by Crippen LogP contribution is -2.50. The zero-order valence-electron chi connectivity index (χ0n) is 16.9. The Morgan fingerprint density at radius 3 is 2.60 bits per heavy atom. The Morgan fingerprint density at radius 2 is 1.93 bits per heavy atom. The topological polar surface area (TPSA) is 121 Å². The summed E-state index contributed by atoms with van der Waals surface area (Å²) in [7, 11) is 0. The standard InChI is InChI=1S/C22H23N3O5/c1-4-29-21(28)20(27)25-16-8-6-5-7-15(16)24-18-14-11-13(12-23)9-10-17(14)30-22(2,3)19(18)26/h5-11,18-19,24,26H,4H2,1-3H3,(H,25,27)/t18?,19-/m1/s1. The van der Waals surface area contributed by atoms with Crippen LogP contribution in [-0.4, -0.2) is 35.3 Å². The number of rotatable bonds is 4. The van der Waals surface area contributed by atoms with Crippen molar-refractivity contribution in [2.45, 2.75) is 38.5 Å². The van der Waals surface area contributed by atoms with Gasteiger partial charge in [-0.2, -0.15) is 5.26 Å². The third-order valence-electron chi connectivity index (χ3n) is 4.82. The molecular weight excluding hydrogens is 386 g/mol. The van der Waals surface area contributed by atoms with Crippen molar-refractivity contribution in [1.82, 2.24) is 0 Å². The van der Waals surface area contributed by atoms with Crippen molar-refractivity contribution in [1.29, 1.82) is 5.26 Å². The molecule has 2 aromatic carbocycles. The van der Waals surface area contributed by atoms with Crippen LogP contribution in [0.5, 0.6) is 5.75 Å². The van der Waals surface area contributed by atoms with Gasteiger partial charge < -0.3 is 25.2 Å². The number of amides is 1. The van der Waals surface area contributed by atoms with E-state index in [4.69, 9.17) is 9.47 Å². The van der Waals surface area contributed by atoms with Crippen molar-refractivity contribution >= 4 is 23.3 Å². The second-order valence-corrected chi connectivity index (χ2v) is 7.36. The molecule has 0 bridgehead atoms. The zero-order chi connectivity index (χ0) is 21.9. The van der Waals surface area contributed by atoms with Crippen molar-refractivity contribution in [3.8, 4) is 11.8 Å². The molecule has 0 aliphatic carbocycles. The molecule has 156 valence electrons. The third-order valence-corrected chi connectivity index (χ3v) is 4.82. The lowest BCUT2D eigenvalue weighted by molar-refractivity contribution is -0.152. The van der Waals surface area contributed by atoms with Gasteiger partial charge in [-0.1, -0.05) is 12.1 Å². The first-order valence-corrected chi connectivity index (χ1v) is 9.51. The molecule has 1 aliphatic rings. The van der Waals surface area contributed by atoms with E-state index in [1.165, 1.54) is 0 Å². The summed E-state index contributed by atoms with van der Waals surface area (Å²) in [5.41, 5.74) is 0.990. The van der Waals surface area contributed by atoms with E-state index < -0.39 is 29.6 Å². The molecule has 0 saturated heterocycles. The molecule has 1 amide bonds. The number of ether oxygens (including phenoxy) is 2. The van der Waals surface area contributed by atoms with E-state index in [0.717, 1.165) is 0 Å². The van der Waals surface area contributed by atoms with Gasteiger partial charge in [0.1, 0.15) is 17.5 Å². The van der Waals surface area contributed by atoms with Crippen LogP contribution in [0.15, 0.2) is 42.5 Å². The molecule has 0 saturated carbocycles. The minimum absolute atomic E-state index is 0.0908. The Labute approximate surface area is 174 Å². The van der Waals surface area contributed by atoms with Gasteiger partial charge in [-0.25, -0.2) is 4.79 Å². The Hall–Kier alpha value is -3.57. The molecule has 2 aromatic rings. The fraction of sp³-hybridized carbons (Fsp3) is 0.318. The van der Waals surface area contributed by atoms with Crippen molar-refractivity contribution in [2.24, 2.45) is 0 Å². The van der Waals surface area contributed by atoms with Gasteiger partial charge in [0, 0.05) is 5.56 Å². The first kappa shape index (κ1) is 21.1. The van der Waals surface area contributed by atoms with E-state index in [1.807, 2.05) is 0 Å². The van der Waals surface area contributed by atoms with Crippen molar-refractivity contribution < 1.29 is 24.2 Å². The minimum atomic E-state index is -0.983. The Kier molecular flexibility index (Phi) is 5.94. The fourth-order valence-corrected chi connectivity index (χ4v) is 3.28. The minimum Gasteiger partial charge on any atom is -0.485 e. The largest absolute Gasteiger partial charge is 0.485 e. The predicted octanol–water partition coefficient (Wildman–Crippen LogP) is 2.74. The quantitative estimate of drug-likeness (QED) is 0.524. The molecule has 1 unspecified atom stereocenters. The van der Waals surface area contributed by atoms with Gasteiger partial charge in [0.15, 0.2) is 0 Å². The van der Waals surface area contributed by atoms with Gasteiger partial charge in [0.2, 0.25) is 0 Å². The molecule has 30 heavy (non-hydrogen) atoms. The van der Waals surface area contributed by atoms with E-state index in [1.54, 1.807) is 63.2 Å². The maximum atomic E-state index is 12.1. The molecule has 8 heteroatoms. The van der Waals surface area contributed by atoms with Crippen LogP contribution in [0.1, 0.15) is 37.9 Å². The van der Waals surface area contributed by atoms with Crippen LogP contribution in [-0.2, 0) is 14.3 Å². The number of hydrogen-bond acceptors (Lipinski definition) is 7. The smallest absolute Gasteiger partial charge is 0.397 e. The molecule has 0 aromatic heterocycles. The highest BCUT2D eigenvalue weighted by atomic mass is 16.5. The Bertz CT molecular complexity index is 1010. The van der Waals surface area contributed by atoms with Crippen molar-refractivity contribution in [3.05, 3.63) is 53.6 Å². The number of para-hydroxylation sites is 2. The number of carbonyl (C=O) groups excluding carboxylic acids is 2. The van der Waals surface area contributed by atoms with Gasteiger partial charge in [-0.05, 0) is 51.1 Å². The maximum absolute atomic E-state index is 12.1. The Morgan fingerprint density at radius 1 is 1.23 bits per heavy atom. The monoisotopic (exact) mass is 409 g/mol. The number of aliphatic hydroxyl groups is 1. The highest BCUT2D eigenvalue weighted by Gasteiger charge is 2.43. The van der Waals surface area contributed by atoms with Gasteiger partial charge in [-0.3, -0.25) is 4.79 Å².